The molecule has 1 aliphatic carbocycles. The third kappa shape index (κ3) is 2.16. The van der Waals surface area contributed by atoms with Gasteiger partial charge in [-0.3, -0.25) is 0 Å². The summed E-state index contributed by atoms with van der Waals surface area (Å²) in [7, 11) is 0. The van der Waals surface area contributed by atoms with Gasteiger partial charge in [0, 0.05) is 33.8 Å². The summed E-state index contributed by atoms with van der Waals surface area (Å²) in [5, 5.41) is 4.86. The minimum absolute atomic E-state index is 0.649. The Hall–Kier alpha value is -0.710. The Kier molecular flexibility index (Phi) is 2.98. The Labute approximate surface area is 125 Å². The molecule has 2 aliphatic rings. The van der Waals surface area contributed by atoms with Gasteiger partial charge in [0.05, 0.1) is 10.7 Å². The smallest absolute Gasteiger partial charge is 0.0951 e. The highest BCUT2D eigenvalue weighted by Gasteiger charge is 2.24. The van der Waals surface area contributed by atoms with Gasteiger partial charge in [0.15, 0.2) is 0 Å². The molecular weight excluding hydrogens is 320 g/mol. The number of nitrogens with one attached hydrogen (secondary N) is 1. The molecule has 19 heavy (non-hydrogen) atoms. The van der Waals surface area contributed by atoms with Crippen LogP contribution < -0.4 is 5.32 Å². The van der Waals surface area contributed by atoms with E-state index in [-0.39, 0.29) is 0 Å². The molecule has 1 saturated heterocycles. The average Bonchev–Trinajstić information content (AvgIpc) is 3.05. The van der Waals surface area contributed by atoms with Gasteiger partial charge in [0.2, 0.25) is 0 Å². The number of halogens is 1. The van der Waals surface area contributed by atoms with Crippen molar-refractivity contribution in [2.45, 2.75) is 31.7 Å². The summed E-state index contributed by atoms with van der Waals surface area (Å²) in [5.41, 5.74) is 3.98. The molecule has 0 bridgehead atoms. The SMILES string of the molecule is Brc1ccc2c(c1)Cc1sc(CC3CCCN3)nc1-2. The van der Waals surface area contributed by atoms with Crippen molar-refractivity contribution in [2.75, 3.05) is 6.54 Å². The van der Waals surface area contributed by atoms with Crippen LogP contribution in [0.5, 0.6) is 0 Å². The van der Waals surface area contributed by atoms with Crippen LogP contribution in [0.3, 0.4) is 0 Å². The fraction of sp³-hybridized carbons (Fsp3) is 0.400. The van der Waals surface area contributed by atoms with Crippen molar-refractivity contribution in [1.29, 1.82) is 0 Å². The predicted molar refractivity (Wildman–Crippen MR) is 82.8 cm³/mol. The maximum Gasteiger partial charge on any atom is 0.0951 e. The Morgan fingerprint density at radius 2 is 2.37 bits per heavy atom. The van der Waals surface area contributed by atoms with Crippen LogP contribution in [0, 0.1) is 0 Å². The Morgan fingerprint density at radius 3 is 3.21 bits per heavy atom. The van der Waals surface area contributed by atoms with Crippen LogP contribution in [-0.4, -0.2) is 17.6 Å². The lowest BCUT2D eigenvalue weighted by Gasteiger charge is -2.07. The van der Waals surface area contributed by atoms with E-state index < -0.39 is 0 Å². The van der Waals surface area contributed by atoms with Gasteiger partial charge in [0.1, 0.15) is 0 Å². The highest BCUT2D eigenvalue weighted by atomic mass is 79.9. The first-order chi connectivity index (χ1) is 9.29. The minimum Gasteiger partial charge on any atom is -0.314 e. The van der Waals surface area contributed by atoms with E-state index in [0.29, 0.717) is 6.04 Å². The number of thiazole rings is 1. The summed E-state index contributed by atoms with van der Waals surface area (Å²) in [5.74, 6) is 0. The number of nitrogens with zero attached hydrogens (tertiary/aromatic N) is 1. The van der Waals surface area contributed by atoms with Gasteiger partial charge in [0.25, 0.3) is 0 Å². The minimum atomic E-state index is 0.649. The molecule has 1 N–H and O–H groups in total. The first-order valence-corrected chi connectivity index (χ1v) is 8.41. The van der Waals surface area contributed by atoms with Crippen LogP contribution in [-0.2, 0) is 12.8 Å². The highest BCUT2D eigenvalue weighted by molar-refractivity contribution is 9.10. The molecule has 1 atom stereocenters. The summed E-state index contributed by atoms with van der Waals surface area (Å²) < 4.78 is 1.16. The quantitative estimate of drug-likeness (QED) is 0.771. The molecule has 1 fully saturated rings. The van der Waals surface area contributed by atoms with Crippen LogP contribution in [0.1, 0.15) is 28.3 Å². The standard InChI is InChI=1S/C15H15BrN2S/c16-10-3-4-12-9(6-10)7-13-15(12)18-14(19-13)8-11-2-1-5-17-11/h3-4,6,11,17H,1-2,5,7-8H2. The number of benzene rings is 1. The van der Waals surface area contributed by atoms with E-state index in [1.807, 2.05) is 11.3 Å². The van der Waals surface area contributed by atoms with Crippen LogP contribution in [0.4, 0.5) is 0 Å². The molecule has 1 aromatic carbocycles. The van der Waals surface area contributed by atoms with E-state index in [1.165, 1.54) is 46.1 Å². The first-order valence-electron chi connectivity index (χ1n) is 6.80. The van der Waals surface area contributed by atoms with Gasteiger partial charge < -0.3 is 5.32 Å². The van der Waals surface area contributed by atoms with Crippen molar-refractivity contribution in [3.8, 4) is 11.3 Å². The zero-order valence-electron chi connectivity index (χ0n) is 10.6. The number of fused-ring (bicyclic) bond motifs is 3. The number of aromatic nitrogens is 1. The summed E-state index contributed by atoms with van der Waals surface area (Å²) in [6.07, 6.45) is 4.77. The van der Waals surface area contributed by atoms with E-state index in [4.69, 9.17) is 4.98 Å². The molecule has 1 aromatic heterocycles. The molecule has 2 nitrogen and oxygen atoms in total. The molecule has 1 unspecified atom stereocenters. The third-order valence-electron chi connectivity index (χ3n) is 4.00. The molecule has 0 saturated carbocycles. The molecule has 4 rings (SSSR count). The maximum absolute atomic E-state index is 4.89. The second-order valence-electron chi connectivity index (χ2n) is 5.36. The third-order valence-corrected chi connectivity index (χ3v) is 5.57. The zero-order valence-corrected chi connectivity index (χ0v) is 13.0. The van der Waals surface area contributed by atoms with Crippen LogP contribution in [0.2, 0.25) is 0 Å². The van der Waals surface area contributed by atoms with Gasteiger partial charge in [-0.25, -0.2) is 4.98 Å². The Balaban J connectivity index is 1.63. The van der Waals surface area contributed by atoms with Crippen LogP contribution >= 0.6 is 27.3 Å². The fourth-order valence-corrected chi connectivity index (χ4v) is 4.67. The van der Waals surface area contributed by atoms with Gasteiger partial charge >= 0.3 is 0 Å². The van der Waals surface area contributed by atoms with Gasteiger partial charge in [-0.15, -0.1) is 11.3 Å². The monoisotopic (exact) mass is 334 g/mol. The molecule has 0 spiro atoms. The lowest BCUT2D eigenvalue weighted by Crippen LogP contribution is -2.23. The Morgan fingerprint density at radius 1 is 1.42 bits per heavy atom. The largest absolute Gasteiger partial charge is 0.314 e. The van der Waals surface area contributed by atoms with Gasteiger partial charge in [-0.05, 0) is 37.1 Å². The van der Waals surface area contributed by atoms with E-state index >= 15 is 0 Å². The van der Waals surface area contributed by atoms with Crippen molar-refractivity contribution in [3.63, 3.8) is 0 Å². The molecule has 2 heterocycles. The van der Waals surface area contributed by atoms with Crippen LogP contribution in [0.25, 0.3) is 11.3 Å². The van der Waals surface area contributed by atoms with Crippen molar-refractivity contribution in [3.05, 3.63) is 38.1 Å². The zero-order chi connectivity index (χ0) is 12.8. The molecule has 98 valence electrons. The summed E-state index contributed by atoms with van der Waals surface area (Å²) >= 11 is 5.45. The molecular formula is C15H15BrN2S. The van der Waals surface area contributed by atoms with Crippen molar-refractivity contribution >= 4 is 27.3 Å². The second kappa shape index (κ2) is 4.69. The van der Waals surface area contributed by atoms with E-state index in [2.05, 4.69) is 39.4 Å². The van der Waals surface area contributed by atoms with E-state index in [1.54, 1.807) is 0 Å². The predicted octanol–water partition coefficient (Wildman–Crippen LogP) is 3.77. The first kappa shape index (κ1) is 12.1. The van der Waals surface area contributed by atoms with Crippen molar-refractivity contribution < 1.29 is 0 Å². The topological polar surface area (TPSA) is 24.9 Å². The molecule has 0 radical (unpaired) electrons. The van der Waals surface area contributed by atoms with Crippen molar-refractivity contribution in [1.82, 2.24) is 10.3 Å². The summed E-state index contributed by atoms with van der Waals surface area (Å²) in [6, 6.07) is 7.19. The molecule has 1 aliphatic heterocycles. The number of hydrogen-bond donors (Lipinski definition) is 1. The molecule has 2 aromatic rings. The Bertz CT molecular complexity index is 629. The van der Waals surface area contributed by atoms with Gasteiger partial charge in [-0.2, -0.15) is 0 Å². The van der Waals surface area contributed by atoms with E-state index in [0.717, 1.165) is 17.3 Å². The number of rotatable bonds is 2. The summed E-state index contributed by atoms with van der Waals surface area (Å²) in [4.78, 5) is 6.33. The normalized spacial score (nSPS) is 20.6. The molecule has 0 amide bonds. The van der Waals surface area contributed by atoms with Crippen molar-refractivity contribution in [2.24, 2.45) is 0 Å². The number of hydrogen-bond acceptors (Lipinski definition) is 3. The lowest BCUT2D eigenvalue weighted by molar-refractivity contribution is 0.601. The van der Waals surface area contributed by atoms with Crippen LogP contribution in [0.15, 0.2) is 22.7 Å². The second-order valence-corrected chi connectivity index (χ2v) is 7.44. The highest BCUT2D eigenvalue weighted by Crippen LogP contribution is 2.40. The average molecular weight is 335 g/mol. The van der Waals surface area contributed by atoms with E-state index in [9.17, 15) is 0 Å². The lowest BCUT2D eigenvalue weighted by atomic mass is 10.1. The fourth-order valence-electron chi connectivity index (χ4n) is 3.07. The summed E-state index contributed by atoms with van der Waals surface area (Å²) in [6.45, 7) is 1.17. The molecule has 4 heteroatoms. The van der Waals surface area contributed by atoms with Gasteiger partial charge in [-0.1, -0.05) is 22.0 Å². The maximum atomic E-state index is 4.89.